The minimum absolute atomic E-state index is 0. The van der Waals surface area contributed by atoms with Crippen LogP contribution in [0.5, 0.6) is 0 Å². The van der Waals surface area contributed by atoms with Gasteiger partial charge in [-0.1, -0.05) is 103 Å². The monoisotopic (exact) mass is 384 g/mol. The molecule has 4 heteroatoms. The zero-order valence-corrected chi connectivity index (χ0v) is 18.1. The number of quaternary nitrogens is 1. The minimum Gasteiger partial charge on any atom is -1.00 e. The molecule has 3 nitrogen and oxygen atoms in total. The van der Waals surface area contributed by atoms with Crippen LogP contribution in [0.25, 0.3) is 0 Å². The molecule has 27 heavy (non-hydrogen) atoms. The van der Waals surface area contributed by atoms with Crippen molar-refractivity contribution in [2.45, 2.75) is 123 Å². The van der Waals surface area contributed by atoms with Crippen molar-refractivity contribution >= 4 is 5.84 Å². The second kappa shape index (κ2) is 17.4. The van der Waals surface area contributed by atoms with Crippen LogP contribution in [0.15, 0.2) is 17.4 Å². The van der Waals surface area contributed by atoms with E-state index in [0.29, 0.717) is 6.54 Å². The van der Waals surface area contributed by atoms with Gasteiger partial charge in [-0.2, -0.15) is 0 Å². The average molecular weight is 385 g/mol. The van der Waals surface area contributed by atoms with E-state index in [1.54, 1.807) is 12.4 Å². The van der Waals surface area contributed by atoms with E-state index in [1.807, 2.05) is 6.92 Å². The number of hydrogen-bond donors (Lipinski definition) is 1. The number of rotatable bonds is 18. The number of aliphatic imine (C=N–C) groups is 1. The molecule has 0 fully saturated rings. The van der Waals surface area contributed by atoms with Gasteiger partial charge in [-0.15, -0.1) is 4.65 Å². The molecule has 0 saturated heterocycles. The molecule has 0 bridgehead atoms. The van der Waals surface area contributed by atoms with E-state index in [-0.39, 0.29) is 9.35 Å². The van der Waals surface area contributed by atoms with Gasteiger partial charge in [0.1, 0.15) is 6.54 Å². The lowest BCUT2D eigenvalue weighted by atomic mass is 10.0. The molecular formula is C23H45FN2O. The van der Waals surface area contributed by atoms with Crippen molar-refractivity contribution < 1.29 is 14.6 Å². The number of hydroxylamine groups is 3. The minimum atomic E-state index is -0.0707. The number of halogens is 1. The van der Waals surface area contributed by atoms with Crippen LogP contribution >= 0.6 is 0 Å². The average Bonchev–Trinajstić information content (AvgIpc) is 3.02. The number of hydrogen-bond acceptors (Lipinski definition) is 2. The standard InChI is InChI=1S/C23H45N2O.FH/c1-3-5-6-7-8-9-10-11-12-13-14-15-16-17-18-19-20-23-24-21-22-25(23,26)4-2;/h21-22,26H,3-20H2,1-2H3;1H/q+1;/p-1. The van der Waals surface area contributed by atoms with E-state index in [4.69, 9.17) is 0 Å². The summed E-state index contributed by atoms with van der Waals surface area (Å²) >= 11 is 0. The van der Waals surface area contributed by atoms with Gasteiger partial charge < -0.3 is 4.70 Å². The van der Waals surface area contributed by atoms with Gasteiger partial charge in [-0.05, 0) is 13.3 Å². The van der Waals surface area contributed by atoms with Crippen LogP contribution in [0.1, 0.15) is 123 Å². The highest BCUT2D eigenvalue weighted by molar-refractivity contribution is 5.77. The van der Waals surface area contributed by atoms with Crippen LogP contribution in [0.3, 0.4) is 0 Å². The predicted molar refractivity (Wildman–Crippen MR) is 113 cm³/mol. The molecule has 1 aliphatic heterocycles. The van der Waals surface area contributed by atoms with Gasteiger partial charge in [0.25, 0.3) is 0 Å². The van der Waals surface area contributed by atoms with Gasteiger partial charge >= 0.3 is 0 Å². The first kappa shape index (κ1) is 26.3. The fourth-order valence-corrected chi connectivity index (χ4v) is 3.79. The molecular weight excluding hydrogens is 339 g/mol. The van der Waals surface area contributed by atoms with Crippen molar-refractivity contribution in [2.24, 2.45) is 4.99 Å². The molecule has 0 radical (unpaired) electrons. The van der Waals surface area contributed by atoms with Crippen LogP contribution in [0, 0.1) is 0 Å². The molecule has 1 aliphatic rings. The van der Waals surface area contributed by atoms with E-state index in [9.17, 15) is 5.21 Å². The van der Waals surface area contributed by atoms with Gasteiger partial charge in [0.2, 0.25) is 5.84 Å². The molecule has 0 saturated carbocycles. The SMILES string of the molecule is CCCCCCCCCCCCCCCCCCC1=NC=C[N+]1(O)CC.[F-]. The lowest BCUT2D eigenvalue weighted by Gasteiger charge is -2.21. The van der Waals surface area contributed by atoms with Gasteiger partial charge in [-0.25, -0.2) is 10.2 Å². The largest absolute Gasteiger partial charge is 1.00 e. The van der Waals surface area contributed by atoms with Crippen LogP contribution in [-0.2, 0) is 0 Å². The van der Waals surface area contributed by atoms with Crippen molar-refractivity contribution in [2.75, 3.05) is 6.54 Å². The van der Waals surface area contributed by atoms with Gasteiger partial charge in [0, 0.05) is 6.42 Å². The third-order valence-corrected chi connectivity index (χ3v) is 5.72. The topological polar surface area (TPSA) is 32.6 Å². The Kier molecular flexibility index (Phi) is 16.9. The third kappa shape index (κ3) is 12.4. The van der Waals surface area contributed by atoms with Crippen LogP contribution in [-0.4, -0.2) is 22.2 Å². The van der Waals surface area contributed by atoms with Crippen LogP contribution < -0.4 is 4.70 Å². The Morgan fingerprint density at radius 3 is 1.52 bits per heavy atom. The summed E-state index contributed by atoms with van der Waals surface area (Å²) in [6.45, 7) is 4.96. The van der Waals surface area contributed by atoms with E-state index >= 15 is 0 Å². The summed E-state index contributed by atoms with van der Waals surface area (Å²) in [5.74, 6) is 0.915. The maximum atomic E-state index is 10.3. The number of nitrogens with zero attached hydrogens (tertiary/aromatic N) is 2. The molecule has 0 aliphatic carbocycles. The van der Waals surface area contributed by atoms with Gasteiger partial charge in [0.15, 0.2) is 6.20 Å². The molecule has 1 N–H and O–H groups in total. The van der Waals surface area contributed by atoms with Crippen molar-refractivity contribution in [3.05, 3.63) is 12.4 Å². The zero-order valence-electron chi connectivity index (χ0n) is 18.1. The molecule has 160 valence electrons. The number of unbranched alkanes of at least 4 members (excludes halogenated alkanes) is 15. The van der Waals surface area contributed by atoms with E-state index in [0.717, 1.165) is 18.7 Å². The van der Waals surface area contributed by atoms with Crippen LogP contribution in [0.4, 0.5) is 0 Å². The summed E-state index contributed by atoms with van der Waals surface area (Å²) in [5, 5.41) is 10.3. The highest BCUT2D eigenvalue weighted by Gasteiger charge is 2.31. The molecule has 1 rings (SSSR count). The zero-order chi connectivity index (χ0) is 18.9. The lowest BCUT2D eigenvalue weighted by molar-refractivity contribution is -0.987. The Labute approximate surface area is 167 Å². The van der Waals surface area contributed by atoms with Crippen molar-refractivity contribution in [1.82, 2.24) is 0 Å². The Morgan fingerprint density at radius 2 is 1.11 bits per heavy atom. The summed E-state index contributed by atoms with van der Waals surface area (Å²) in [4.78, 5) is 4.33. The van der Waals surface area contributed by atoms with Crippen molar-refractivity contribution in [3.63, 3.8) is 0 Å². The highest BCUT2D eigenvalue weighted by atomic mass is 19.0. The van der Waals surface area contributed by atoms with E-state index < -0.39 is 0 Å². The Hall–Kier alpha value is -0.740. The third-order valence-electron chi connectivity index (χ3n) is 5.72. The first-order valence-corrected chi connectivity index (χ1v) is 11.6. The first-order valence-electron chi connectivity index (χ1n) is 11.6. The summed E-state index contributed by atoms with van der Waals surface area (Å²) in [6, 6.07) is 0. The molecule has 1 atom stereocenters. The van der Waals surface area contributed by atoms with E-state index in [1.165, 1.54) is 96.3 Å². The maximum Gasteiger partial charge on any atom is 0.240 e. The highest BCUT2D eigenvalue weighted by Crippen LogP contribution is 2.18. The normalized spacial score (nSPS) is 18.6. The molecule has 1 heterocycles. The Morgan fingerprint density at radius 1 is 0.704 bits per heavy atom. The fraction of sp³-hybridized carbons (Fsp3) is 0.870. The number of amidine groups is 1. The molecule has 0 aromatic heterocycles. The van der Waals surface area contributed by atoms with E-state index in [2.05, 4.69) is 11.9 Å². The quantitative estimate of drug-likeness (QED) is 0.268. The lowest BCUT2D eigenvalue weighted by Crippen LogP contribution is -3.00. The molecule has 0 spiro atoms. The summed E-state index contributed by atoms with van der Waals surface area (Å²) in [6.07, 6.45) is 26.7. The maximum absolute atomic E-state index is 10.3. The summed E-state index contributed by atoms with van der Waals surface area (Å²) in [7, 11) is 0. The van der Waals surface area contributed by atoms with Gasteiger partial charge in [0.05, 0.1) is 6.20 Å². The van der Waals surface area contributed by atoms with Crippen LogP contribution in [0.2, 0.25) is 0 Å². The predicted octanol–water partition coefficient (Wildman–Crippen LogP) is 4.75. The molecule has 0 aromatic carbocycles. The Bertz CT molecular complexity index is 398. The molecule has 0 aromatic rings. The fourth-order valence-electron chi connectivity index (χ4n) is 3.79. The van der Waals surface area contributed by atoms with Gasteiger partial charge in [-0.3, -0.25) is 0 Å². The van der Waals surface area contributed by atoms with Crippen molar-refractivity contribution in [3.8, 4) is 0 Å². The summed E-state index contributed by atoms with van der Waals surface area (Å²) < 4.78 is -0.0707. The second-order valence-corrected chi connectivity index (χ2v) is 8.04. The summed E-state index contributed by atoms with van der Waals surface area (Å²) in [5.41, 5.74) is 0. The smallest absolute Gasteiger partial charge is 0.240 e. The Balaban J connectivity index is 0.00000676. The molecule has 0 amide bonds. The molecule has 1 unspecified atom stereocenters. The first-order chi connectivity index (χ1) is 12.7. The van der Waals surface area contributed by atoms with Crippen molar-refractivity contribution in [1.29, 1.82) is 0 Å². The second-order valence-electron chi connectivity index (χ2n) is 8.04.